The Labute approximate surface area is 179 Å². The second-order valence-corrected chi connectivity index (χ2v) is 5.97. The zero-order chi connectivity index (χ0) is 24.0. The summed E-state index contributed by atoms with van der Waals surface area (Å²) in [5.74, 6) is -3.78. The molecule has 168 valence electrons. The number of nitrogens with two attached hydrogens (primary N) is 2. The van der Waals surface area contributed by atoms with Crippen LogP contribution in [0.2, 0.25) is 0 Å². The normalized spacial score (nSPS) is 11.1. The monoisotopic (exact) mass is 446 g/mol. The number of carbonyl (C=O) groups is 4. The first-order chi connectivity index (χ1) is 15.1. The molecule has 14 nitrogen and oxygen atoms in total. The quantitative estimate of drug-likeness (QED) is 0.356. The third-order valence-electron chi connectivity index (χ3n) is 3.97. The largest absolute Gasteiger partial charge is 0.489 e. The summed E-state index contributed by atoms with van der Waals surface area (Å²) in [5, 5.41) is 24.8. The van der Waals surface area contributed by atoms with Gasteiger partial charge in [-0.05, 0) is 17.7 Å². The number of benzene rings is 1. The maximum absolute atomic E-state index is 11.4. The van der Waals surface area contributed by atoms with Crippen LogP contribution in [0.4, 0.5) is 0 Å². The van der Waals surface area contributed by atoms with Gasteiger partial charge in [0.2, 0.25) is 11.6 Å². The second-order valence-electron chi connectivity index (χ2n) is 5.97. The van der Waals surface area contributed by atoms with Gasteiger partial charge in [0.25, 0.3) is 5.88 Å². The summed E-state index contributed by atoms with van der Waals surface area (Å²) in [7, 11) is 2.43. The summed E-state index contributed by atoms with van der Waals surface area (Å²) >= 11 is 0. The molecular formula is C18H18N6O8. The molecule has 3 aromatic rings. The number of carbonyl (C=O) groups excluding carboxylic acids is 3. The first-order valence-electron chi connectivity index (χ1n) is 8.60. The minimum absolute atomic E-state index is 0.192. The maximum Gasteiger partial charge on any atom is 0.356 e. The van der Waals surface area contributed by atoms with Crippen LogP contribution in [-0.4, -0.2) is 68.1 Å². The maximum atomic E-state index is 11.4. The number of carboxylic acid groups (broad SMARTS) is 1. The number of methoxy groups -OCH3 is 2. The second kappa shape index (κ2) is 9.94. The number of esters is 2. The smallest absolute Gasteiger partial charge is 0.356 e. The summed E-state index contributed by atoms with van der Waals surface area (Å²) in [6, 6.07) is 6.34. The first-order valence-corrected chi connectivity index (χ1v) is 8.60. The minimum Gasteiger partial charge on any atom is -0.489 e. The van der Waals surface area contributed by atoms with Crippen molar-refractivity contribution >= 4 is 29.5 Å². The van der Waals surface area contributed by atoms with Crippen LogP contribution in [-0.2, 0) is 14.3 Å². The minimum atomic E-state index is -1.35. The molecule has 0 bridgehead atoms. The zero-order valence-corrected chi connectivity index (χ0v) is 16.8. The lowest BCUT2D eigenvalue weighted by Gasteiger charge is -2.07. The van der Waals surface area contributed by atoms with E-state index in [2.05, 4.69) is 24.8 Å². The number of rotatable bonds is 5. The molecule has 2 aromatic heterocycles. The van der Waals surface area contributed by atoms with Gasteiger partial charge in [-0.25, -0.2) is 19.4 Å². The van der Waals surface area contributed by atoms with Gasteiger partial charge in [0.15, 0.2) is 11.4 Å². The van der Waals surface area contributed by atoms with E-state index in [4.69, 9.17) is 16.6 Å². The molecule has 0 aliphatic rings. The summed E-state index contributed by atoms with van der Waals surface area (Å²) in [6.07, 6.45) is 0. The van der Waals surface area contributed by atoms with E-state index in [1.807, 2.05) is 0 Å². The SMILES string of the molecule is COC(=O)c1cc(C(=O)O)nc2c(O)nnn12.COC(=O)c1ccc([C@@H](N)C(N)=O)cc1. The van der Waals surface area contributed by atoms with Gasteiger partial charge >= 0.3 is 17.9 Å². The Bertz CT molecular complexity index is 1170. The number of aromatic hydroxyl groups is 1. The van der Waals surface area contributed by atoms with Gasteiger partial charge in [-0.2, -0.15) is 4.52 Å². The Morgan fingerprint density at radius 1 is 1.06 bits per heavy atom. The Balaban J connectivity index is 0.000000229. The number of fused-ring (bicyclic) bond motifs is 1. The Hall–Kier alpha value is -4.59. The molecule has 0 radical (unpaired) electrons. The van der Waals surface area contributed by atoms with Crippen molar-refractivity contribution in [3.63, 3.8) is 0 Å². The highest BCUT2D eigenvalue weighted by atomic mass is 16.5. The molecule has 0 fully saturated rings. The average Bonchev–Trinajstić information content (AvgIpc) is 3.18. The number of ether oxygens (including phenoxy) is 2. The van der Waals surface area contributed by atoms with Crippen LogP contribution in [0.3, 0.4) is 0 Å². The van der Waals surface area contributed by atoms with Crippen LogP contribution >= 0.6 is 0 Å². The van der Waals surface area contributed by atoms with Crippen LogP contribution in [0.25, 0.3) is 5.65 Å². The van der Waals surface area contributed by atoms with Gasteiger partial charge in [0.05, 0.1) is 19.8 Å². The van der Waals surface area contributed by atoms with Crippen molar-refractivity contribution < 1.29 is 38.9 Å². The number of hydrogen-bond acceptors (Lipinski definition) is 11. The van der Waals surface area contributed by atoms with Gasteiger partial charge in [0.1, 0.15) is 6.04 Å². The van der Waals surface area contributed by atoms with Crippen LogP contribution < -0.4 is 11.5 Å². The highest BCUT2D eigenvalue weighted by Crippen LogP contribution is 2.15. The molecule has 0 aliphatic carbocycles. The van der Waals surface area contributed by atoms with Crippen LogP contribution in [0.5, 0.6) is 5.88 Å². The molecule has 3 rings (SSSR count). The number of primary amides is 1. The molecule has 1 amide bonds. The van der Waals surface area contributed by atoms with E-state index >= 15 is 0 Å². The van der Waals surface area contributed by atoms with Crippen LogP contribution in [0.15, 0.2) is 30.3 Å². The fourth-order valence-electron chi connectivity index (χ4n) is 2.33. The molecular weight excluding hydrogens is 428 g/mol. The fourth-order valence-corrected chi connectivity index (χ4v) is 2.33. The van der Waals surface area contributed by atoms with E-state index in [1.54, 1.807) is 12.1 Å². The van der Waals surface area contributed by atoms with Crippen molar-refractivity contribution in [2.24, 2.45) is 11.5 Å². The zero-order valence-electron chi connectivity index (χ0n) is 16.8. The van der Waals surface area contributed by atoms with E-state index < -0.39 is 41.4 Å². The van der Waals surface area contributed by atoms with E-state index in [-0.39, 0.29) is 11.3 Å². The predicted octanol–water partition coefficient (Wildman–Crippen LogP) is -0.727. The highest BCUT2D eigenvalue weighted by Gasteiger charge is 2.20. The number of hydrogen-bond donors (Lipinski definition) is 4. The van der Waals surface area contributed by atoms with Crippen molar-refractivity contribution in [1.82, 2.24) is 19.8 Å². The number of aromatic carboxylic acids is 1. The molecule has 1 aromatic carbocycles. The lowest BCUT2D eigenvalue weighted by atomic mass is 10.1. The molecule has 14 heteroatoms. The number of carboxylic acids is 1. The predicted molar refractivity (Wildman–Crippen MR) is 105 cm³/mol. The molecule has 0 unspecified atom stereocenters. The van der Waals surface area contributed by atoms with Crippen LogP contribution in [0.1, 0.15) is 42.9 Å². The summed E-state index contributed by atoms with van der Waals surface area (Å²) in [4.78, 5) is 47.6. The number of amides is 1. The van der Waals surface area contributed by atoms with Crippen molar-refractivity contribution in [3.05, 3.63) is 52.8 Å². The Morgan fingerprint density at radius 3 is 2.16 bits per heavy atom. The van der Waals surface area contributed by atoms with Gasteiger partial charge in [-0.1, -0.05) is 22.4 Å². The Kier molecular flexibility index (Phi) is 7.36. The van der Waals surface area contributed by atoms with E-state index in [9.17, 15) is 24.3 Å². The van der Waals surface area contributed by atoms with E-state index in [1.165, 1.54) is 19.2 Å². The van der Waals surface area contributed by atoms with Crippen molar-refractivity contribution in [2.45, 2.75) is 6.04 Å². The molecule has 1 atom stereocenters. The topological polar surface area (TPSA) is 222 Å². The molecule has 6 N–H and O–H groups in total. The average molecular weight is 446 g/mol. The molecule has 0 aliphatic heterocycles. The number of aromatic nitrogens is 4. The lowest BCUT2D eigenvalue weighted by molar-refractivity contribution is -0.119. The van der Waals surface area contributed by atoms with Crippen molar-refractivity contribution in [3.8, 4) is 5.88 Å². The molecule has 0 spiro atoms. The lowest BCUT2D eigenvalue weighted by Crippen LogP contribution is -2.28. The van der Waals surface area contributed by atoms with Gasteiger partial charge in [-0.3, -0.25) is 4.79 Å². The van der Waals surface area contributed by atoms with Crippen molar-refractivity contribution in [2.75, 3.05) is 14.2 Å². The summed E-state index contributed by atoms with van der Waals surface area (Å²) < 4.78 is 9.88. The Morgan fingerprint density at radius 2 is 1.66 bits per heavy atom. The van der Waals surface area contributed by atoms with Crippen LogP contribution in [0, 0.1) is 0 Å². The van der Waals surface area contributed by atoms with E-state index in [0.717, 1.165) is 17.7 Å². The van der Waals surface area contributed by atoms with Crippen molar-refractivity contribution in [1.29, 1.82) is 0 Å². The first kappa shape index (κ1) is 23.7. The fraction of sp³-hybridized carbons (Fsp3) is 0.167. The summed E-state index contributed by atoms with van der Waals surface area (Å²) in [5.41, 5.74) is 10.7. The third-order valence-corrected chi connectivity index (χ3v) is 3.97. The third kappa shape index (κ3) is 5.11. The van der Waals surface area contributed by atoms with Gasteiger partial charge in [-0.15, -0.1) is 0 Å². The molecule has 32 heavy (non-hydrogen) atoms. The number of nitrogens with zero attached hydrogens (tertiary/aromatic N) is 4. The van der Waals surface area contributed by atoms with E-state index in [0.29, 0.717) is 11.1 Å². The standard InChI is InChI=1S/C10H12N2O3.C8H6N4O5/c1-15-10(14)7-4-2-6(3-5-7)8(11)9(12)13;1-17-8(16)4-2-3(7(14)15)9-5-6(13)10-11-12(4)5/h2-5,8H,11H2,1H3,(H2,12,13);2,13H,1H3,(H,14,15)/t8-;/m1./s1. The summed E-state index contributed by atoms with van der Waals surface area (Å²) in [6.45, 7) is 0. The molecule has 2 heterocycles. The molecule has 0 saturated heterocycles. The highest BCUT2D eigenvalue weighted by molar-refractivity contribution is 5.93. The molecule has 0 saturated carbocycles. The van der Waals surface area contributed by atoms with Gasteiger partial charge in [0, 0.05) is 6.07 Å². The van der Waals surface area contributed by atoms with Gasteiger partial charge < -0.3 is 31.2 Å².